The lowest BCUT2D eigenvalue weighted by Gasteiger charge is -2.25. The number of amides is 3. The summed E-state index contributed by atoms with van der Waals surface area (Å²) in [5, 5.41) is 12.4. The molecule has 3 N–H and O–H groups in total. The van der Waals surface area contributed by atoms with E-state index in [9.17, 15) is 9.59 Å². The zero-order valence-electron chi connectivity index (χ0n) is 13.4. The van der Waals surface area contributed by atoms with Gasteiger partial charge in [-0.2, -0.15) is 5.10 Å². The molecular weight excluding hydrogens is 306 g/mol. The number of rotatable bonds is 6. The standard InChI is InChI=1S/C17H21N5O2/c23-16-7-4-10-22(16)12-15(13-5-2-1-3-6-13)20-17(24)18-11-14-8-9-19-21-14/h1-3,5-6,8-9,15H,4,7,10-12H2,(H,19,21)(H2,18,20,24). The third-order valence-electron chi connectivity index (χ3n) is 4.08. The largest absolute Gasteiger partial charge is 0.340 e. The molecule has 1 aliphatic heterocycles. The summed E-state index contributed by atoms with van der Waals surface area (Å²) < 4.78 is 0. The van der Waals surface area contributed by atoms with Crippen molar-refractivity contribution in [3.63, 3.8) is 0 Å². The quantitative estimate of drug-likeness (QED) is 0.752. The van der Waals surface area contributed by atoms with Gasteiger partial charge in [-0.05, 0) is 18.1 Å². The molecule has 0 aliphatic carbocycles. The molecule has 0 saturated carbocycles. The first-order chi connectivity index (χ1) is 11.7. The number of hydrogen-bond donors (Lipinski definition) is 3. The number of carbonyl (C=O) groups excluding carboxylic acids is 2. The Kier molecular flexibility index (Phi) is 5.10. The summed E-state index contributed by atoms with van der Waals surface area (Å²) in [6.45, 7) is 1.61. The van der Waals surface area contributed by atoms with Gasteiger partial charge in [-0.25, -0.2) is 4.79 Å². The molecule has 7 nitrogen and oxygen atoms in total. The third kappa shape index (κ3) is 4.13. The zero-order chi connectivity index (χ0) is 16.8. The SMILES string of the molecule is O=C(NCc1ccn[nH]1)NC(CN1CCCC1=O)c1ccccc1. The van der Waals surface area contributed by atoms with Crippen molar-refractivity contribution in [2.24, 2.45) is 0 Å². The van der Waals surface area contributed by atoms with E-state index in [4.69, 9.17) is 0 Å². The Morgan fingerprint density at radius 1 is 1.29 bits per heavy atom. The summed E-state index contributed by atoms with van der Waals surface area (Å²) in [5.41, 5.74) is 1.81. The van der Waals surface area contributed by atoms with Gasteiger partial charge in [-0.15, -0.1) is 0 Å². The Balaban J connectivity index is 1.63. The highest BCUT2D eigenvalue weighted by Gasteiger charge is 2.25. The van der Waals surface area contributed by atoms with Gasteiger partial charge in [0, 0.05) is 25.7 Å². The maximum Gasteiger partial charge on any atom is 0.315 e. The smallest absolute Gasteiger partial charge is 0.315 e. The van der Waals surface area contributed by atoms with Crippen LogP contribution in [0.3, 0.4) is 0 Å². The molecule has 1 aromatic heterocycles. The van der Waals surface area contributed by atoms with Crippen LogP contribution in [0.2, 0.25) is 0 Å². The van der Waals surface area contributed by atoms with Gasteiger partial charge in [0.2, 0.25) is 5.91 Å². The highest BCUT2D eigenvalue weighted by molar-refractivity contribution is 5.78. The van der Waals surface area contributed by atoms with Crippen LogP contribution in [0.1, 0.15) is 30.1 Å². The second-order valence-electron chi connectivity index (χ2n) is 5.82. The first kappa shape index (κ1) is 16.0. The van der Waals surface area contributed by atoms with Crippen LogP contribution in [0, 0.1) is 0 Å². The summed E-state index contributed by atoms with van der Waals surface area (Å²) in [7, 11) is 0. The van der Waals surface area contributed by atoms with Crippen molar-refractivity contribution >= 4 is 11.9 Å². The number of nitrogens with zero attached hydrogens (tertiary/aromatic N) is 2. The molecule has 24 heavy (non-hydrogen) atoms. The fraction of sp³-hybridized carbons (Fsp3) is 0.353. The second-order valence-corrected chi connectivity index (χ2v) is 5.82. The van der Waals surface area contributed by atoms with Crippen LogP contribution in [0.5, 0.6) is 0 Å². The number of hydrogen-bond acceptors (Lipinski definition) is 3. The minimum absolute atomic E-state index is 0.149. The van der Waals surface area contributed by atoms with Gasteiger partial charge in [0.25, 0.3) is 0 Å². The highest BCUT2D eigenvalue weighted by Crippen LogP contribution is 2.18. The normalized spacial score (nSPS) is 15.3. The van der Waals surface area contributed by atoms with Crippen molar-refractivity contribution in [3.05, 3.63) is 53.9 Å². The molecular formula is C17H21N5O2. The van der Waals surface area contributed by atoms with E-state index in [2.05, 4.69) is 20.8 Å². The predicted molar refractivity (Wildman–Crippen MR) is 89.0 cm³/mol. The molecule has 7 heteroatoms. The lowest BCUT2D eigenvalue weighted by Crippen LogP contribution is -2.42. The minimum atomic E-state index is -0.273. The number of nitrogens with one attached hydrogen (secondary N) is 3. The molecule has 1 aromatic carbocycles. The molecule has 0 spiro atoms. The minimum Gasteiger partial charge on any atom is -0.340 e. The van der Waals surface area contributed by atoms with E-state index in [1.165, 1.54) is 0 Å². The summed E-state index contributed by atoms with van der Waals surface area (Å²) in [6, 6.07) is 11.0. The molecule has 0 radical (unpaired) electrons. The number of benzene rings is 1. The van der Waals surface area contributed by atoms with Gasteiger partial charge in [-0.1, -0.05) is 30.3 Å². The van der Waals surface area contributed by atoms with Crippen molar-refractivity contribution < 1.29 is 9.59 Å². The first-order valence-corrected chi connectivity index (χ1v) is 8.08. The Hall–Kier alpha value is -2.83. The van der Waals surface area contributed by atoms with E-state index in [-0.39, 0.29) is 18.0 Å². The average molecular weight is 327 g/mol. The number of aromatic nitrogens is 2. The molecule has 2 aromatic rings. The van der Waals surface area contributed by atoms with E-state index in [1.54, 1.807) is 12.3 Å². The maximum atomic E-state index is 12.2. The fourth-order valence-corrected chi connectivity index (χ4v) is 2.81. The maximum absolute atomic E-state index is 12.2. The molecule has 1 atom stereocenters. The van der Waals surface area contributed by atoms with Crippen LogP contribution in [0.4, 0.5) is 4.79 Å². The molecule has 0 bridgehead atoms. The van der Waals surface area contributed by atoms with E-state index in [0.29, 0.717) is 19.5 Å². The van der Waals surface area contributed by atoms with Crippen LogP contribution >= 0.6 is 0 Å². The number of carbonyl (C=O) groups is 2. The molecule has 2 heterocycles. The van der Waals surface area contributed by atoms with Gasteiger partial charge in [-0.3, -0.25) is 9.89 Å². The van der Waals surface area contributed by atoms with Crippen molar-refractivity contribution in [2.45, 2.75) is 25.4 Å². The number of urea groups is 1. The zero-order valence-corrected chi connectivity index (χ0v) is 13.4. The summed E-state index contributed by atoms with van der Waals surface area (Å²) in [5.74, 6) is 0.149. The van der Waals surface area contributed by atoms with Crippen molar-refractivity contribution in [1.29, 1.82) is 0 Å². The monoisotopic (exact) mass is 327 g/mol. The van der Waals surface area contributed by atoms with Crippen LogP contribution in [-0.2, 0) is 11.3 Å². The van der Waals surface area contributed by atoms with Crippen LogP contribution in [0.15, 0.2) is 42.6 Å². The Morgan fingerprint density at radius 2 is 2.12 bits per heavy atom. The van der Waals surface area contributed by atoms with Crippen molar-refractivity contribution in [1.82, 2.24) is 25.7 Å². The Labute approximate surface area is 140 Å². The van der Waals surface area contributed by atoms with Crippen LogP contribution < -0.4 is 10.6 Å². The number of H-pyrrole nitrogens is 1. The molecule has 1 aliphatic rings. The van der Waals surface area contributed by atoms with E-state index >= 15 is 0 Å². The molecule has 1 saturated heterocycles. The molecule has 3 amide bonds. The average Bonchev–Trinajstić information content (AvgIpc) is 3.25. The summed E-state index contributed by atoms with van der Waals surface area (Å²) >= 11 is 0. The van der Waals surface area contributed by atoms with Gasteiger partial charge in [0.05, 0.1) is 18.3 Å². The molecule has 1 fully saturated rings. The Morgan fingerprint density at radius 3 is 2.79 bits per heavy atom. The van der Waals surface area contributed by atoms with E-state index in [0.717, 1.165) is 24.2 Å². The predicted octanol–water partition coefficient (Wildman–Crippen LogP) is 1.57. The Bertz CT molecular complexity index is 672. The fourth-order valence-electron chi connectivity index (χ4n) is 2.81. The van der Waals surface area contributed by atoms with Crippen molar-refractivity contribution in [3.8, 4) is 0 Å². The van der Waals surface area contributed by atoms with E-state index in [1.807, 2.05) is 35.2 Å². The summed E-state index contributed by atoms with van der Waals surface area (Å²) in [4.78, 5) is 25.9. The van der Waals surface area contributed by atoms with Gasteiger partial charge in [0.1, 0.15) is 0 Å². The second kappa shape index (κ2) is 7.63. The first-order valence-electron chi connectivity index (χ1n) is 8.08. The lowest BCUT2D eigenvalue weighted by molar-refractivity contribution is -0.128. The molecule has 1 unspecified atom stereocenters. The van der Waals surface area contributed by atoms with Crippen LogP contribution in [-0.4, -0.2) is 40.1 Å². The molecule has 126 valence electrons. The van der Waals surface area contributed by atoms with Crippen LogP contribution in [0.25, 0.3) is 0 Å². The van der Waals surface area contributed by atoms with Crippen molar-refractivity contribution in [2.75, 3.05) is 13.1 Å². The number of likely N-dealkylation sites (tertiary alicyclic amines) is 1. The summed E-state index contributed by atoms with van der Waals surface area (Å²) in [6.07, 6.45) is 3.11. The van der Waals surface area contributed by atoms with E-state index < -0.39 is 0 Å². The van der Waals surface area contributed by atoms with Gasteiger partial charge < -0.3 is 15.5 Å². The number of aromatic amines is 1. The highest BCUT2D eigenvalue weighted by atomic mass is 16.2. The lowest BCUT2D eigenvalue weighted by atomic mass is 10.1. The van der Waals surface area contributed by atoms with Gasteiger partial charge >= 0.3 is 6.03 Å². The third-order valence-corrected chi connectivity index (χ3v) is 4.08. The van der Waals surface area contributed by atoms with Gasteiger partial charge in [0.15, 0.2) is 0 Å². The topological polar surface area (TPSA) is 90.1 Å². The molecule has 3 rings (SSSR count).